The number of imide groups is 1. The smallest absolute Gasteiger partial charge is 0.329 e. The van der Waals surface area contributed by atoms with Crippen molar-refractivity contribution in [2.45, 2.75) is 19.1 Å². The molecule has 0 saturated carbocycles. The van der Waals surface area contributed by atoms with Crippen LogP contribution in [0.5, 0.6) is 0 Å². The third kappa shape index (κ3) is 2.77. The maximum Gasteiger partial charge on any atom is 0.329 e. The van der Waals surface area contributed by atoms with Crippen molar-refractivity contribution in [3.63, 3.8) is 0 Å². The number of aromatic nitrogens is 2. The lowest BCUT2D eigenvalue weighted by Crippen LogP contribution is -2.49. The van der Waals surface area contributed by atoms with E-state index < -0.39 is 6.03 Å². The molecule has 0 unspecified atom stereocenters. The van der Waals surface area contributed by atoms with E-state index in [1.54, 1.807) is 4.68 Å². The molecule has 2 aliphatic rings. The summed E-state index contributed by atoms with van der Waals surface area (Å²) in [6.45, 7) is 2.22. The van der Waals surface area contributed by atoms with Gasteiger partial charge < -0.3 is 4.90 Å². The maximum atomic E-state index is 12.1. The normalized spacial score (nSPS) is 18.2. The van der Waals surface area contributed by atoms with Gasteiger partial charge in [0.05, 0.1) is 5.52 Å². The first kappa shape index (κ1) is 16.5. The third-order valence-electron chi connectivity index (χ3n) is 5.17. The number of carbonyl (C=O) groups excluding carboxylic acids is 2. The summed E-state index contributed by atoms with van der Waals surface area (Å²) in [5, 5.41) is 16.8. The van der Waals surface area contributed by atoms with Crippen LogP contribution in [0.15, 0.2) is 18.2 Å². The number of nitrogens with one attached hydrogen (secondary N) is 1. The molecule has 3 amide bonds. The van der Waals surface area contributed by atoms with Gasteiger partial charge in [-0.2, -0.15) is 5.10 Å². The maximum absolute atomic E-state index is 12.1. The highest BCUT2D eigenvalue weighted by molar-refractivity contribution is 6.67. The van der Waals surface area contributed by atoms with Gasteiger partial charge in [0.1, 0.15) is 0 Å². The van der Waals surface area contributed by atoms with E-state index in [1.165, 1.54) is 4.90 Å². The lowest BCUT2D eigenvalue weighted by Gasteiger charge is -2.30. The predicted octanol–water partition coefficient (Wildman–Crippen LogP) is 1.40. The number of nitriles is 1. The number of carbonyl (C=O) groups is 2. The molecule has 2 aliphatic heterocycles. The van der Waals surface area contributed by atoms with E-state index in [2.05, 4.69) is 27.4 Å². The molecule has 3 heterocycles. The number of urea groups is 1. The Kier molecular flexibility index (Phi) is 4.03. The number of anilines is 2. The Bertz CT molecular complexity index is 925. The SMILES string of the molecule is Cn1nc(N2CCC(=O)NC2=O)c2ccc(N3CCB(C#N)CC3)cc21. The minimum Gasteiger partial charge on any atom is -0.373 e. The van der Waals surface area contributed by atoms with Crippen molar-refractivity contribution < 1.29 is 9.59 Å². The lowest BCUT2D eigenvalue weighted by molar-refractivity contribution is -0.120. The van der Waals surface area contributed by atoms with Gasteiger partial charge in [-0.05, 0) is 30.8 Å². The quantitative estimate of drug-likeness (QED) is 0.827. The molecule has 2 aromatic rings. The van der Waals surface area contributed by atoms with Crippen LogP contribution in [0.25, 0.3) is 10.9 Å². The van der Waals surface area contributed by atoms with Crippen molar-refractivity contribution in [2.75, 3.05) is 29.4 Å². The number of fused-ring (bicyclic) bond motifs is 1. The first-order chi connectivity index (χ1) is 12.6. The standard InChI is InChI=1S/C17H19BN6O2/c1-22-14-10-12(23-8-5-18(11-19)6-9-23)2-3-13(14)16(21-22)24-7-4-15(25)20-17(24)26/h2-3,10H,4-9H2,1H3,(H,20,25,26). The van der Waals surface area contributed by atoms with E-state index in [0.29, 0.717) is 12.4 Å². The third-order valence-corrected chi connectivity index (χ3v) is 5.17. The van der Waals surface area contributed by atoms with Crippen LogP contribution in [0.1, 0.15) is 6.42 Å². The van der Waals surface area contributed by atoms with Crippen molar-refractivity contribution in [3.05, 3.63) is 18.2 Å². The lowest BCUT2D eigenvalue weighted by atomic mass is 9.45. The van der Waals surface area contributed by atoms with Crippen LogP contribution in [-0.4, -0.2) is 48.1 Å². The molecule has 0 atom stereocenters. The van der Waals surface area contributed by atoms with Crippen molar-refractivity contribution in [1.82, 2.24) is 15.1 Å². The molecule has 0 spiro atoms. The number of hydrogen-bond acceptors (Lipinski definition) is 5. The summed E-state index contributed by atoms with van der Waals surface area (Å²) >= 11 is 0. The van der Waals surface area contributed by atoms with Crippen LogP contribution < -0.4 is 15.1 Å². The summed E-state index contributed by atoms with van der Waals surface area (Å²) in [5.74, 6) is 2.67. The van der Waals surface area contributed by atoms with E-state index in [0.717, 1.165) is 42.3 Å². The van der Waals surface area contributed by atoms with Crippen molar-refractivity contribution in [2.24, 2.45) is 7.05 Å². The molecule has 1 aromatic heterocycles. The molecular weight excluding hydrogens is 331 g/mol. The van der Waals surface area contributed by atoms with E-state index in [-0.39, 0.29) is 19.0 Å². The minimum atomic E-state index is -0.427. The van der Waals surface area contributed by atoms with Gasteiger partial charge in [0.2, 0.25) is 5.91 Å². The Balaban J connectivity index is 1.64. The van der Waals surface area contributed by atoms with Gasteiger partial charge in [0.15, 0.2) is 5.82 Å². The van der Waals surface area contributed by atoms with Crippen LogP contribution in [-0.2, 0) is 11.8 Å². The summed E-state index contributed by atoms with van der Waals surface area (Å²) in [6, 6.07) is 5.66. The number of benzene rings is 1. The van der Waals surface area contributed by atoms with Gasteiger partial charge in [-0.1, -0.05) is 0 Å². The monoisotopic (exact) mass is 350 g/mol. The second-order valence-corrected chi connectivity index (χ2v) is 6.79. The summed E-state index contributed by atoms with van der Waals surface area (Å²) in [5.41, 5.74) is 2.03. The highest BCUT2D eigenvalue weighted by Gasteiger charge is 2.28. The fourth-order valence-corrected chi connectivity index (χ4v) is 3.66. The zero-order valence-corrected chi connectivity index (χ0v) is 14.6. The first-order valence-corrected chi connectivity index (χ1v) is 8.79. The Labute approximate surface area is 151 Å². The fourth-order valence-electron chi connectivity index (χ4n) is 3.66. The average molecular weight is 350 g/mol. The highest BCUT2D eigenvalue weighted by atomic mass is 16.2. The zero-order valence-electron chi connectivity index (χ0n) is 14.6. The van der Waals surface area contributed by atoms with E-state index in [1.807, 2.05) is 19.2 Å². The summed E-state index contributed by atoms with van der Waals surface area (Å²) < 4.78 is 1.76. The number of nitrogens with zero attached hydrogens (tertiary/aromatic N) is 5. The van der Waals surface area contributed by atoms with Crippen molar-refractivity contribution in [1.29, 1.82) is 5.26 Å². The topological polar surface area (TPSA) is 94.3 Å². The first-order valence-electron chi connectivity index (χ1n) is 8.79. The molecule has 0 radical (unpaired) electrons. The molecule has 2 fully saturated rings. The van der Waals surface area contributed by atoms with Gasteiger partial charge in [-0.25, -0.2) is 10.1 Å². The molecule has 8 nitrogen and oxygen atoms in total. The van der Waals surface area contributed by atoms with Gasteiger partial charge in [-0.15, -0.1) is 0 Å². The zero-order chi connectivity index (χ0) is 18.3. The van der Waals surface area contributed by atoms with Gasteiger partial charge in [0.25, 0.3) is 6.71 Å². The molecule has 2 saturated heterocycles. The number of amides is 3. The minimum absolute atomic E-state index is 0.151. The van der Waals surface area contributed by atoms with E-state index in [9.17, 15) is 9.59 Å². The van der Waals surface area contributed by atoms with E-state index >= 15 is 0 Å². The average Bonchev–Trinajstić information content (AvgIpc) is 2.98. The molecule has 132 valence electrons. The molecule has 9 heteroatoms. The number of hydrogen-bond donors (Lipinski definition) is 1. The largest absolute Gasteiger partial charge is 0.373 e. The molecule has 0 aliphatic carbocycles. The molecule has 0 bridgehead atoms. The summed E-state index contributed by atoms with van der Waals surface area (Å²) in [4.78, 5) is 27.3. The Morgan fingerprint density at radius 2 is 2.00 bits per heavy atom. The molecule has 1 aromatic carbocycles. The van der Waals surface area contributed by atoms with Crippen LogP contribution in [0.3, 0.4) is 0 Å². The fraction of sp³-hybridized carbons (Fsp3) is 0.412. The Hall–Kier alpha value is -3.02. The Morgan fingerprint density at radius 3 is 2.69 bits per heavy atom. The van der Waals surface area contributed by atoms with Gasteiger partial charge >= 0.3 is 6.03 Å². The van der Waals surface area contributed by atoms with Gasteiger partial charge in [0, 0.05) is 50.1 Å². The van der Waals surface area contributed by atoms with Crippen LogP contribution in [0.4, 0.5) is 16.3 Å². The predicted molar refractivity (Wildman–Crippen MR) is 99.4 cm³/mol. The second-order valence-electron chi connectivity index (χ2n) is 6.79. The highest BCUT2D eigenvalue weighted by Crippen LogP contribution is 2.31. The van der Waals surface area contributed by atoms with Crippen LogP contribution in [0.2, 0.25) is 12.6 Å². The Morgan fingerprint density at radius 1 is 1.23 bits per heavy atom. The van der Waals surface area contributed by atoms with E-state index in [4.69, 9.17) is 5.26 Å². The second kappa shape index (κ2) is 6.37. The van der Waals surface area contributed by atoms with Gasteiger partial charge in [-0.3, -0.25) is 19.7 Å². The molecule has 26 heavy (non-hydrogen) atoms. The van der Waals surface area contributed by atoms with Crippen LogP contribution in [0, 0.1) is 11.2 Å². The molecular formula is C17H19BN6O2. The number of rotatable bonds is 2. The molecule has 1 N–H and O–H groups in total. The number of aryl methyl sites for hydroxylation is 1. The summed E-state index contributed by atoms with van der Waals surface area (Å²) in [6.07, 6.45) is 2.04. The van der Waals surface area contributed by atoms with Crippen LogP contribution >= 0.6 is 0 Å². The van der Waals surface area contributed by atoms with Crippen molar-refractivity contribution >= 4 is 41.1 Å². The molecule has 4 rings (SSSR count). The van der Waals surface area contributed by atoms with Crippen molar-refractivity contribution in [3.8, 4) is 5.97 Å². The summed E-state index contributed by atoms with van der Waals surface area (Å²) in [7, 11) is 1.85.